The highest BCUT2D eigenvalue weighted by Crippen LogP contribution is 2.24. The summed E-state index contributed by atoms with van der Waals surface area (Å²) >= 11 is 0. The third-order valence-corrected chi connectivity index (χ3v) is 5.06. The Morgan fingerprint density at radius 1 is 1.25 bits per heavy atom. The molecule has 0 unspecified atom stereocenters. The second kappa shape index (κ2) is 9.77. The van der Waals surface area contributed by atoms with E-state index in [1.807, 2.05) is 36.8 Å². The first kappa shape index (κ1) is 19.7. The van der Waals surface area contributed by atoms with Crippen molar-refractivity contribution in [2.24, 2.45) is 16.6 Å². The van der Waals surface area contributed by atoms with Crippen LogP contribution in [0.5, 0.6) is 0 Å². The smallest absolute Gasteiger partial charge is 0.220 e. The van der Waals surface area contributed by atoms with Crippen molar-refractivity contribution in [3.05, 3.63) is 48.4 Å². The van der Waals surface area contributed by atoms with Crippen LogP contribution in [0.4, 0.5) is 5.82 Å². The van der Waals surface area contributed by atoms with Gasteiger partial charge in [0.05, 0.1) is 0 Å². The number of pyridine rings is 1. The largest absolute Gasteiger partial charge is 0.369 e. The van der Waals surface area contributed by atoms with Gasteiger partial charge in [0.1, 0.15) is 5.82 Å². The molecule has 1 aliphatic heterocycles. The molecular weight excluding hydrogens is 354 g/mol. The summed E-state index contributed by atoms with van der Waals surface area (Å²) in [5.74, 6) is 1.50. The van der Waals surface area contributed by atoms with Gasteiger partial charge in [-0.15, -0.1) is 0 Å². The quantitative estimate of drug-likeness (QED) is 0.488. The van der Waals surface area contributed by atoms with Gasteiger partial charge >= 0.3 is 0 Å². The molecule has 3 rings (SSSR count). The Morgan fingerprint density at radius 3 is 2.68 bits per heavy atom. The number of anilines is 1. The lowest BCUT2D eigenvalue weighted by Crippen LogP contribution is -2.40. The molecule has 2 aromatic rings. The Kier molecular flexibility index (Phi) is 6.89. The summed E-state index contributed by atoms with van der Waals surface area (Å²) in [6.07, 6.45) is 7.45. The molecule has 4 N–H and O–H groups in total. The molecule has 1 fully saturated rings. The maximum atomic E-state index is 11.4. The number of carbonyl (C=O) groups is 1. The zero-order chi connectivity index (χ0) is 19.8. The van der Waals surface area contributed by atoms with Crippen LogP contribution in [-0.4, -0.2) is 48.1 Å². The van der Waals surface area contributed by atoms with Crippen LogP contribution in [0.3, 0.4) is 0 Å². The van der Waals surface area contributed by atoms with Crippen molar-refractivity contribution in [3.63, 3.8) is 0 Å². The number of hydrogen-bond donors (Lipinski definition) is 3. The Bertz CT molecular complexity index is 780. The second-order valence-corrected chi connectivity index (χ2v) is 6.92. The highest BCUT2D eigenvalue weighted by molar-refractivity contribution is 5.79. The van der Waals surface area contributed by atoms with Crippen molar-refractivity contribution in [3.8, 4) is 0 Å². The lowest BCUT2D eigenvalue weighted by molar-refractivity contribution is -0.122. The van der Waals surface area contributed by atoms with Crippen LogP contribution in [-0.2, 0) is 17.9 Å². The molecule has 0 radical (unpaired) electrons. The average molecular weight is 384 g/mol. The molecule has 0 atom stereocenters. The Labute approximate surface area is 165 Å². The normalized spacial score (nSPS) is 15.5. The second-order valence-electron chi connectivity index (χ2n) is 6.92. The summed E-state index contributed by atoms with van der Waals surface area (Å²) in [5.41, 5.74) is 6.55. The number of rotatable bonds is 7. The minimum Gasteiger partial charge on any atom is -0.369 e. The van der Waals surface area contributed by atoms with Crippen molar-refractivity contribution >= 4 is 17.7 Å². The van der Waals surface area contributed by atoms with Gasteiger partial charge in [-0.3, -0.25) is 9.79 Å². The molecule has 8 nitrogen and oxygen atoms in total. The Balaban J connectivity index is 1.53. The van der Waals surface area contributed by atoms with Crippen LogP contribution in [0.15, 0.2) is 47.8 Å². The SMILES string of the molecule is CN=C(NCCn1cccc1)NCc1cccnc1N1CCC(C(N)=O)CC1. The van der Waals surface area contributed by atoms with Crippen molar-refractivity contribution in [1.29, 1.82) is 0 Å². The summed E-state index contributed by atoms with van der Waals surface area (Å²) in [6, 6.07) is 8.05. The maximum Gasteiger partial charge on any atom is 0.220 e. The molecule has 1 aliphatic rings. The van der Waals surface area contributed by atoms with E-state index in [0.29, 0.717) is 6.54 Å². The molecule has 1 amide bonds. The van der Waals surface area contributed by atoms with E-state index >= 15 is 0 Å². The number of nitrogens with zero attached hydrogens (tertiary/aromatic N) is 4. The molecule has 2 aromatic heterocycles. The Hall–Kier alpha value is -3.03. The van der Waals surface area contributed by atoms with Gasteiger partial charge in [0.2, 0.25) is 5.91 Å². The number of guanidine groups is 1. The van der Waals surface area contributed by atoms with E-state index in [0.717, 1.165) is 56.4 Å². The number of nitrogens with two attached hydrogens (primary N) is 1. The zero-order valence-corrected chi connectivity index (χ0v) is 16.3. The van der Waals surface area contributed by atoms with E-state index in [9.17, 15) is 4.79 Å². The minimum absolute atomic E-state index is 0.0233. The fourth-order valence-electron chi connectivity index (χ4n) is 3.45. The predicted molar refractivity (Wildman–Crippen MR) is 111 cm³/mol. The van der Waals surface area contributed by atoms with Gasteiger partial charge in [0, 0.05) is 69.8 Å². The standard InChI is InChI=1S/C20H29N7O/c1-22-20(24-9-14-26-10-2-3-11-26)25-15-17-5-4-8-23-19(17)27-12-6-16(7-13-27)18(21)28/h2-5,8,10-11,16H,6-7,9,12-15H2,1H3,(H2,21,28)(H2,22,24,25). The zero-order valence-electron chi connectivity index (χ0n) is 16.3. The number of carbonyl (C=O) groups excluding carboxylic acids is 1. The van der Waals surface area contributed by atoms with E-state index in [-0.39, 0.29) is 11.8 Å². The first-order valence-corrected chi connectivity index (χ1v) is 9.71. The monoisotopic (exact) mass is 383 g/mol. The lowest BCUT2D eigenvalue weighted by atomic mass is 9.96. The molecule has 150 valence electrons. The average Bonchev–Trinajstić information content (AvgIpc) is 3.24. The van der Waals surface area contributed by atoms with Crippen LogP contribution in [0.1, 0.15) is 18.4 Å². The van der Waals surface area contributed by atoms with Gasteiger partial charge in [0.25, 0.3) is 0 Å². The molecule has 0 bridgehead atoms. The number of nitrogens with one attached hydrogen (secondary N) is 2. The highest BCUT2D eigenvalue weighted by atomic mass is 16.1. The van der Waals surface area contributed by atoms with Gasteiger partial charge in [-0.25, -0.2) is 4.98 Å². The third kappa shape index (κ3) is 5.25. The number of amides is 1. The molecular formula is C20H29N7O. The molecule has 0 aliphatic carbocycles. The van der Waals surface area contributed by atoms with Gasteiger partial charge in [-0.1, -0.05) is 6.07 Å². The molecule has 8 heteroatoms. The maximum absolute atomic E-state index is 11.4. The van der Waals surface area contributed by atoms with Gasteiger partial charge in [-0.05, 0) is 31.0 Å². The molecule has 3 heterocycles. The van der Waals surface area contributed by atoms with Crippen molar-refractivity contribution in [1.82, 2.24) is 20.2 Å². The number of hydrogen-bond acceptors (Lipinski definition) is 4. The lowest BCUT2D eigenvalue weighted by Gasteiger charge is -2.32. The molecule has 1 saturated heterocycles. The molecule has 0 aromatic carbocycles. The summed E-state index contributed by atoms with van der Waals surface area (Å²) in [4.78, 5) is 22.5. The topological polar surface area (TPSA) is 101 Å². The van der Waals surface area contributed by atoms with E-state index in [1.54, 1.807) is 7.05 Å². The highest BCUT2D eigenvalue weighted by Gasteiger charge is 2.24. The van der Waals surface area contributed by atoms with E-state index < -0.39 is 0 Å². The van der Waals surface area contributed by atoms with Gasteiger partial charge in [-0.2, -0.15) is 0 Å². The predicted octanol–water partition coefficient (Wildman–Crippen LogP) is 0.950. The molecule has 0 spiro atoms. The first-order valence-electron chi connectivity index (χ1n) is 9.71. The number of aromatic nitrogens is 2. The van der Waals surface area contributed by atoms with Crippen LogP contribution >= 0.6 is 0 Å². The van der Waals surface area contributed by atoms with E-state index in [4.69, 9.17) is 5.73 Å². The van der Waals surface area contributed by atoms with Crippen LogP contribution < -0.4 is 21.3 Å². The number of piperidine rings is 1. The van der Waals surface area contributed by atoms with Crippen molar-refractivity contribution in [2.75, 3.05) is 31.6 Å². The molecule has 0 saturated carbocycles. The van der Waals surface area contributed by atoms with Gasteiger partial charge < -0.3 is 25.8 Å². The summed E-state index contributed by atoms with van der Waals surface area (Å²) in [6.45, 7) is 3.88. The third-order valence-electron chi connectivity index (χ3n) is 5.06. The van der Waals surface area contributed by atoms with Crippen LogP contribution in [0.2, 0.25) is 0 Å². The fourth-order valence-corrected chi connectivity index (χ4v) is 3.45. The van der Waals surface area contributed by atoms with Crippen LogP contribution in [0, 0.1) is 5.92 Å². The Morgan fingerprint density at radius 2 is 2.00 bits per heavy atom. The van der Waals surface area contributed by atoms with E-state index in [1.165, 1.54) is 0 Å². The minimum atomic E-state index is -0.197. The summed E-state index contributed by atoms with van der Waals surface area (Å²) in [5, 5.41) is 6.69. The summed E-state index contributed by atoms with van der Waals surface area (Å²) < 4.78 is 2.12. The van der Waals surface area contributed by atoms with Crippen LogP contribution in [0.25, 0.3) is 0 Å². The first-order chi connectivity index (χ1) is 13.7. The van der Waals surface area contributed by atoms with Gasteiger partial charge in [0.15, 0.2) is 5.96 Å². The number of aliphatic imine (C=N–C) groups is 1. The number of primary amides is 1. The molecule has 28 heavy (non-hydrogen) atoms. The van der Waals surface area contributed by atoms with E-state index in [2.05, 4.69) is 36.1 Å². The van der Waals surface area contributed by atoms with Crippen molar-refractivity contribution in [2.45, 2.75) is 25.9 Å². The summed E-state index contributed by atoms with van der Waals surface area (Å²) in [7, 11) is 1.77. The fraction of sp³-hybridized carbons (Fsp3) is 0.450. The van der Waals surface area contributed by atoms with Crippen molar-refractivity contribution < 1.29 is 4.79 Å².